The summed E-state index contributed by atoms with van der Waals surface area (Å²) in [5, 5.41) is 2.89. The van der Waals surface area contributed by atoms with Gasteiger partial charge in [-0.15, -0.1) is 0 Å². The number of benzene rings is 2. The summed E-state index contributed by atoms with van der Waals surface area (Å²) >= 11 is 3.42. The van der Waals surface area contributed by atoms with Gasteiger partial charge in [0.15, 0.2) is 6.61 Å². The highest BCUT2D eigenvalue weighted by molar-refractivity contribution is 9.10. The third-order valence-corrected chi connectivity index (χ3v) is 7.71. The smallest absolute Gasteiger partial charge is 0.258 e. The van der Waals surface area contributed by atoms with Crippen LogP contribution in [0, 0.1) is 5.92 Å². The van der Waals surface area contributed by atoms with E-state index in [1.54, 1.807) is 16.4 Å². The third-order valence-electron chi connectivity index (χ3n) is 5.30. The van der Waals surface area contributed by atoms with Gasteiger partial charge < -0.3 is 10.1 Å². The molecule has 0 aromatic heterocycles. The van der Waals surface area contributed by atoms with E-state index >= 15 is 0 Å². The van der Waals surface area contributed by atoms with Gasteiger partial charge in [0.2, 0.25) is 10.0 Å². The summed E-state index contributed by atoms with van der Waals surface area (Å²) in [6, 6.07) is 13.8. The van der Waals surface area contributed by atoms with Crippen molar-refractivity contribution >= 4 is 31.9 Å². The Morgan fingerprint density at radius 2 is 1.87 bits per heavy atom. The second kappa shape index (κ2) is 9.94. The van der Waals surface area contributed by atoms with Gasteiger partial charge in [-0.05, 0) is 67.6 Å². The number of carbonyl (C=O) groups excluding carboxylic acids is 1. The first kappa shape index (κ1) is 22.8. The Balaban J connectivity index is 1.53. The van der Waals surface area contributed by atoms with Crippen molar-refractivity contribution < 1.29 is 17.9 Å². The summed E-state index contributed by atoms with van der Waals surface area (Å²) < 4.78 is 33.6. The molecular formula is C22H27BrN2O4S. The van der Waals surface area contributed by atoms with E-state index in [0.29, 0.717) is 24.8 Å². The highest BCUT2D eigenvalue weighted by Gasteiger charge is 2.27. The fourth-order valence-electron chi connectivity index (χ4n) is 3.37. The number of nitrogens with one attached hydrogen (secondary N) is 1. The van der Waals surface area contributed by atoms with Crippen LogP contribution in [-0.2, 0) is 14.8 Å². The Morgan fingerprint density at radius 1 is 1.20 bits per heavy atom. The predicted molar refractivity (Wildman–Crippen MR) is 120 cm³/mol. The van der Waals surface area contributed by atoms with Gasteiger partial charge in [-0.2, -0.15) is 4.31 Å². The van der Waals surface area contributed by atoms with Gasteiger partial charge in [0, 0.05) is 17.6 Å². The molecule has 1 saturated heterocycles. The lowest BCUT2D eigenvalue weighted by molar-refractivity contribution is -0.123. The highest BCUT2D eigenvalue weighted by atomic mass is 79.9. The molecule has 30 heavy (non-hydrogen) atoms. The molecule has 2 aromatic carbocycles. The summed E-state index contributed by atoms with van der Waals surface area (Å²) in [4.78, 5) is 12.4. The SMILES string of the molecule is CC1CCN(S(=O)(=O)c2ccc(OCC(=O)N[C@H](C)c3cccc(Br)c3)cc2)CC1. The Hall–Kier alpha value is -1.90. The summed E-state index contributed by atoms with van der Waals surface area (Å²) in [6.07, 6.45) is 1.77. The molecule has 3 rings (SSSR count). The molecule has 1 atom stereocenters. The first-order valence-electron chi connectivity index (χ1n) is 10.0. The number of amides is 1. The fraction of sp³-hybridized carbons (Fsp3) is 0.409. The van der Waals surface area contributed by atoms with Crippen LogP contribution in [0.25, 0.3) is 0 Å². The molecule has 0 spiro atoms. The van der Waals surface area contributed by atoms with Crippen LogP contribution >= 0.6 is 15.9 Å². The summed E-state index contributed by atoms with van der Waals surface area (Å²) in [5.74, 6) is 0.762. The number of hydrogen-bond acceptors (Lipinski definition) is 4. The van der Waals surface area contributed by atoms with Gasteiger partial charge in [0.05, 0.1) is 10.9 Å². The predicted octanol–water partition coefficient (Wildman–Crippen LogP) is 4.13. The fourth-order valence-corrected chi connectivity index (χ4v) is 5.26. The van der Waals surface area contributed by atoms with Gasteiger partial charge in [-0.1, -0.05) is 35.0 Å². The van der Waals surface area contributed by atoms with Gasteiger partial charge in [-0.3, -0.25) is 4.79 Å². The van der Waals surface area contributed by atoms with Crippen molar-refractivity contribution in [1.82, 2.24) is 9.62 Å². The second-order valence-corrected chi connectivity index (χ2v) is 10.5. The molecule has 1 aliphatic heterocycles. The van der Waals surface area contributed by atoms with Crippen LogP contribution in [0.5, 0.6) is 5.75 Å². The standard InChI is InChI=1S/C22H27BrN2O4S/c1-16-10-12-25(13-11-16)30(27,28)21-8-6-20(7-9-21)29-15-22(26)24-17(2)18-4-3-5-19(23)14-18/h3-9,14,16-17H,10-13,15H2,1-2H3,(H,24,26)/t17-/m1/s1. The number of rotatable bonds is 7. The van der Waals surface area contributed by atoms with Crippen molar-refractivity contribution in [2.45, 2.75) is 37.6 Å². The second-order valence-electron chi connectivity index (χ2n) is 7.69. The molecule has 1 heterocycles. The van der Waals surface area contributed by atoms with Gasteiger partial charge >= 0.3 is 0 Å². The average Bonchev–Trinajstić information content (AvgIpc) is 2.73. The van der Waals surface area contributed by atoms with Crippen molar-refractivity contribution in [1.29, 1.82) is 0 Å². The van der Waals surface area contributed by atoms with Crippen LogP contribution in [-0.4, -0.2) is 38.3 Å². The molecule has 1 aliphatic rings. The van der Waals surface area contributed by atoms with Gasteiger partial charge in [0.25, 0.3) is 5.91 Å². The first-order valence-corrected chi connectivity index (χ1v) is 12.3. The van der Waals surface area contributed by atoms with Gasteiger partial charge in [0.1, 0.15) is 5.75 Å². The quantitative estimate of drug-likeness (QED) is 0.627. The molecule has 0 unspecified atom stereocenters. The Kier molecular flexibility index (Phi) is 7.55. The van der Waals surface area contributed by atoms with Crippen molar-refractivity contribution in [2.24, 2.45) is 5.92 Å². The van der Waals surface area contributed by atoms with E-state index in [2.05, 4.69) is 28.2 Å². The largest absolute Gasteiger partial charge is 0.484 e. The highest BCUT2D eigenvalue weighted by Crippen LogP contribution is 2.25. The van der Waals surface area contributed by atoms with E-state index in [1.165, 1.54) is 12.1 Å². The van der Waals surface area contributed by atoms with E-state index in [9.17, 15) is 13.2 Å². The normalized spacial score (nSPS) is 16.8. The van der Waals surface area contributed by atoms with E-state index in [0.717, 1.165) is 22.9 Å². The molecule has 0 bridgehead atoms. The molecule has 2 aromatic rings. The molecule has 0 aliphatic carbocycles. The minimum atomic E-state index is -3.49. The molecular weight excluding hydrogens is 468 g/mol. The number of carbonyl (C=O) groups is 1. The maximum absolute atomic E-state index is 12.8. The number of ether oxygens (including phenoxy) is 1. The maximum Gasteiger partial charge on any atom is 0.258 e. The van der Waals surface area contributed by atoms with Crippen molar-refractivity contribution in [3.05, 3.63) is 58.6 Å². The Bertz CT molecular complexity index is 971. The Labute approximate surface area is 186 Å². The zero-order chi connectivity index (χ0) is 21.7. The van der Waals surface area contributed by atoms with E-state index in [4.69, 9.17) is 4.74 Å². The zero-order valence-corrected chi connectivity index (χ0v) is 19.6. The van der Waals surface area contributed by atoms with Crippen molar-refractivity contribution in [3.8, 4) is 5.75 Å². The summed E-state index contributed by atoms with van der Waals surface area (Å²) in [5.41, 5.74) is 0.986. The van der Waals surface area contributed by atoms with Crippen LogP contribution in [0.1, 0.15) is 38.3 Å². The van der Waals surface area contributed by atoms with Crippen LogP contribution in [0.3, 0.4) is 0 Å². The molecule has 6 nitrogen and oxygen atoms in total. The van der Waals surface area contributed by atoms with E-state index < -0.39 is 10.0 Å². The molecule has 0 saturated carbocycles. The number of nitrogens with zero attached hydrogens (tertiary/aromatic N) is 1. The summed E-state index contributed by atoms with van der Waals surface area (Å²) in [6.45, 7) is 5.01. The minimum absolute atomic E-state index is 0.144. The van der Waals surface area contributed by atoms with E-state index in [1.807, 2.05) is 31.2 Å². The number of halogens is 1. The molecule has 1 N–H and O–H groups in total. The number of hydrogen-bond donors (Lipinski definition) is 1. The topological polar surface area (TPSA) is 75.7 Å². The third kappa shape index (κ3) is 5.83. The Morgan fingerprint density at radius 3 is 2.50 bits per heavy atom. The van der Waals surface area contributed by atoms with Gasteiger partial charge in [-0.25, -0.2) is 8.42 Å². The molecule has 1 fully saturated rings. The number of piperidine rings is 1. The lowest BCUT2D eigenvalue weighted by atomic mass is 10.0. The minimum Gasteiger partial charge on any atom is -0.484 e. The lowest BCUT2D eigenvalue weighted by Gasteiger charge is -2.29. The van der Waals surface area contributed by atoms with Crippen LogP contribution in [0.15, 0.2) is 57.9 Å². The van der Waals surface area contributed by atoms with Crippen LogP contribution in [0.2, 0.25) is 0 Å². The number of sulfonamides is 1. The molecule has 162 valence electrons. The zero-order valence-electron chi connectivity index (χ0n) is 17.2. The summed E-state index contributed by atoms with van der Waals surface area (Å²) in [7, 11) is -3.49. The lowest BCUT2D eigenvalue weighted by Crippen LogP contribution is -2.37. The molecule has 8 heteroatoms. The van der Waals surface area contributed by atoms with Crippen molar-refractivity contribution in [3.63, 3.8) is 0 Å². The average molecular weight is 495 g/mol. The first-order chi connectivity index (χ1) is 14.3. The maximum atomic E-state index is 12.8. The van der Waals surface area contributed by atoms with E-state index in [-0.39, 0.29) is 23.5 Å². The monoisotopic (exact) mass is 494 g/mol. The van der Waals surface area contributed by atoms with Crippen LogP contribution in [0.4, 0.5) is 0 Å². The molecule has 1 amide bonds. The van der Waals surface area contributed by atoms with Crippen LogP contribution < -0.4 is 10.1 Å². The molecule has 0 radical (unpaired) electrons. The van der Waals surface area contributed by atoms with Crippen molar-refractivity contribution in [2.75, 3.05) is 19.7 Å².